The van der Waals surface area contributed by atoms with Gasteiger partial charge in [-0.1, -0.05) is 25.5 Å². The van der Waals surface area contributed by atoms with Crippen molar-refractivity contribution >= 4 is 0 Å². The Labute approximate surface area is 196 Å². The molecule has 1 heterocycles. The maximum atomic E-state index is 14.6. The second-order valence-electron chi connectivity index (χ2n) is 8.11. The Balaban J connectivity index is 1.70. The van der Waals surface area contributed by atoms with Gasteiger partial charge in [0.1, 0.15) is 5.75 Å². The van der Waals surface area contributed by atoms with Gasteiger partial charge in [-0.2, -0.15) is 26.3 Å². The van der Waals surface area contributed by atoms with E-state index in [2.05, 4.69) is 16.4 Å². The molecule has 2 unspecified atom stereocenters. The summed E-state index contributed by atoms with van der Waals surface area (Å²) in [5, 5.41) is 0. The normalized spacial score (nSPS) is 18.8. The number of alkyl halides is 4. The minimum atomic E-state index is -4.74. The van der Waals surface area contributed by atoms with E-state index in [-0.39, 0.29) is 18.2 Å². The van der Waals surface area contributed by atoms with E-state index in [9.17, 15) is 35.1 Å². The van der Waals surface area contributed by atoms with E-state index in [4.69, 9.17) is 4.74 Å². The Kier molecular flexibility index (Phi) is 8.30. The van der Waals surface area contributed by atoms with Gasteiger partial charge in [0.05, 0.1) is 24.4 Å². The highest BCUT2D eigenvalue weighted by atomic mass is 19.3. The highest BCUT2D eigenvalue weighted by molar-refractivity contribution is 5.36. The Hall–Kier alpha value is -2.82. The molecule has 0 saturated carbocycles. The summed E-state index contributed by atoms with van der Waals surface area (Å²) in [6.07, 6.45) is -9.02. The first kappa shape index (κ1) is 26.8. The fourth-order valence-electron chi connectivity index (χ4n) is 3.79. The molecular formula is C24H22F8O3. The van der Waals surface area contributed by atoms with Crippen LogP contribution in [-0.4, -0.2) is 12.7 Å². The van der Waals surface area contributed by atoms with Crippen molar-refractivity contribution in [3.8, 4) is 11.5 Å². The summed E-state index contributed by atoms with van der Waals surface area (Å²) in [5.74, 6) is -6.00. The lowest BCUT2D eigenvalue weighted by atomic mass is 9.91. The lowest BCUT2D eigenvalue weighted by molar-refractivity contribution is -0.185. The maximum absolute atomic E-state index is 14.6. The number of ether oxygens (including phenoxy) is 3. The van der Waals surface area contributed by atoms with Gasteiger partial charge in [-0.05, 0) is 42.9 Å². The summed E-state index contributed by atoms with van der Waals surface area (Å²) >= 11 is 0. The number of hydrogen-bond donors (Lipinski definition) is 0. The fraction of sp³-hybridized carbons (Fsp3) is 0.417. The van der Waals surface area contributed by atoms with Crippen molar-refractivity contribution in [1.82, 2.24) is 0 Å². The van der Waals surface area contributed by atoms with Crippen molar-refractivity contribution in [3.63, 3.8) is 0 Å². The van der Waals surface area contributed by atoms with E-state index in [0.29, 0.717) is 18.1 Å². The zero-order valence-corrected chi connectivity index (χ0v) is 18.5. The molecule has 1 aliphatic rings. The molecule has 3 nitrogen and oxygen atoms in total. The molecular weight excluding hydrogens is 488 g/mol. The summed E-state index contributed by atoms with van der Waals surface area (Å²) in [6, 6.07) is 5.40. The van der Waals surface area contributed by atoms with Crippen molar-refractivity contribution in [2.24, 2.45) is 5.92 Å². The largest absolute Gasteiger partial charge is 0.429 e. The minimum Gasteiger partial charge on any atom is -0.429 e. The molecule has 0 aliphatic carbocycles. The van der Waals surface area contributed by atoms with E-state index in [1.165, 1.54) is 12.1 Å². The third kappa shape index (κ3) is 7.09. The molecule has 35 heavy (non-hydrogen) atoms. The lowest BCUT2D eigenvalue weighted by Crippen LogP contribution is -2.24. The average molecular weight is 510 g/mol. The van der Waals surface area contributed by atoms with Gasteiger partial charge in [-0.25, -0.2) is 8.78 Å². The summed E-state index contributed by atoms with van der Waals surface area (Å²) in [5.41, 5.74) is 0.0648. The van der Waals surface area contributed by atoms with Crippen LogP contribution in [-0.2, 0) is 10.8 Å². The first-order valence-electron chi connectivity index (χ1n) is 10.8. The van der Waals surface area contributed by atoms with Crippen molar-refractivity contribution in [1.29, 1.82) is 0 Å². The van der Waals surface area contributed by atoms with Crippen LogP contribution in [0, 0.1) is 17.6 Å². The van der Waals surface area contributed by atoms with E-state index >= 15 is 0 Å². The average Bonchev–Trinajstić information content (AvgIpc) is 2.76. The molecule has 0 bridgehead atoms. The molecule has 0 spiro atoms. The first-order valence-corrected chi connectivity index (χ1v) is 10.8. The van der Waals surface area contributed by atoms with E-state index in [1.807, 2.05) is 0 Å². The molecule has 0 radical (unpaired) electrons. The molecule has 1 fully saturated rings. The van der Waals surface area contributed by atoms with Gasteiger partial charge in [-0.3, -0.25) is 0 Å². The quantitative estimate of drug-likeness (QED) is 0.319. The number of hydrogen-bond acceptors (Lipinski definition) is 3. The standard InChI is InChI=1S/C24H22F8O3/c1-2-3-14-4-9-20(33-13-14)15-5-7-16(8-6-15)24(31,32)34-17-10-18(25)22(19(26)11-17)35-23(29,30)12-21(27)28/h5-8,10-12,14,20H,2-4,9,13H2,1H3. The summed E-state index contributed by atoms with van der Waals surface area (Å²) < 4.78 is 122. The van der Waals surface area contributed by atoms with Crippen molar-refractivity contribution in [2.75, 3.05) is 6.61 Å². The highest BCUT2D eigenvalue weighted by Crippen LogP contribution is 2.38. The summed E-state index contributed by atoms with van der Waals surface area (Å²) in [7, 11) is 0. The van der Waals surface area contributed by atoms with Gasteiger partial charge < -0.3 is 14.2 Å². The third-order valence-electron chi connectivity index (χ3n) is 5.42. The van der Waals surface area contributed by atoms with Gasteiger partial charge in [0.25, 0.3) is 6.08 Å². The van der Waals surface area contributed by atoms with Crippen molar-refractivity contribution < 1.29 is 49.3 Å². The van der Waals surface area contributed by atoms with Gasteiger partial charge >= 0.3 is 12.2 Å². The molecule has 2 aromatic carbocycles. The molecule has 2 atom stereocenters. The third-order valence-corrected chi connectivity index (χ3v) is 5.42. The molecule has 2 aromatic rings. The Bertz CT molecular complexity index is 1000. The second-order valence-corrected chi connectivity index (χ2v) is 8.11. The molecule has 11 heteroatoms. The van der Waals surface area contributed by atoms with Crippen LogP contribution in [0.15, 0.2) is 48.6 Å². The zero-order valence-electron chi connectivity index (χ0n) is 18.5. The van der Waals surface area contributed by atoms with E-state index < -0.39 is 53.1 Å². The summed E-state index contributed by atoms with van der Waals surface area (Å²) in [6.45, 7) is 2.67. The van der Waals surface area contributed by atoms with E-state index in [1.54, 1.807) is 0 Å². The molecule has 1 aliphatic heterocycles. The predicted octanol–water partition coefficient (Wildman–Crippen LogP) is 8.11. The molecule has 1 saturated heterocycles. The molecule has 3 rings (SSSR count). The van der Waals surface area contributed by atoms with Crippen LogP contribution in [0.5, 0.6) is 11.5 Å². The van der Waals surface area contributed by atoms with Crippen molar-refractivity contribution in [2.45, 2.75) is 50.9 Å². The number of benzene rings is 2. The fourth-order valence-corrected chi connectivity index (χ4v) is 3.79. The molecule has 0 amide bonds. The van der Waals surface area contributed by atoms with E-state index in [0.717, 1.165) is 37.8 Å². The van der Waals surface area contributed by atoms with Crippen LogP contribution in [0.25, 0.3) is 0 Å². The topological polar surface area (TPSA) is 27.7 Å². The van der Waals surface area contributed by atoms with Crippen LogP contribution >= 0.6 is 0 Å². The molecule has 0 aromatic heterocycles. The molecule has 192 valence electrons. The lowest BCUT2D eigenvalue weighted by Gasteiger charge is -2.29. The predicted molar refractivity (Wildman–Crippen MR) is 110 cm³/mol. The van der Waals surface area contributed by atoms with Crippen LogP contribution in [0.4, 0.5) is 35.1 Å². The van der Waals surface area contributed by atoms with Crippen LogP contribution in [0.3, 0.4) is 0 Å². The molecule has 0 N–H and O–H groups in total. The Morgan fingerprint density at radius 2 is 1.63 bits per heavy atom. The minimum absolute atomic E-state index is 0.175. The Morgan fingerprint density at radius 1 is 1.00 bits per heavy atom. The van der Waals surface area contributed by atoms with Gasteiger partial charge in [0.15, 0.2) is 17.4 Å². The zero-order chi connectivity index (χ0) is 25.8. The number of halogens is 8. The van der Waals surface area contributed by atoms with Gasteiger partial charge in [0, 0.05) is 12.1 Å². The van der Waals surface area contributed by atoms with Crippen molar-refractivity contribution in [3.05, 3.63) is 71.3 Å². The monoisotopic (exact) mass is 510 g/mol. The van der Waals surface area contributed by atoms with Crippen LogP contribution < -0.4 is 9.47 Å². The van der Waals surface area contributed by atoms with Crippen LogP contribution in [0.1, 0.15) is 49.8 Å². The van der Waals surface area contributed by atoms with Crippen LogP contribution in [0.2, 0.25) is 0 Å². The highest BCUT2D eigenvalue weighted by Gasteiger charge is 2.37. The van der Waals surface area contributed by atoms with Gasteiger partial charge in [-0.15, -0.1) is 0 Å². The Morgan fingerprint density at radius 3 is 2.14 bits per heavy atom. The summed E-state index contributed by atoms with van der Waals surface area (Å²) in [4.78, 5) is 0. The SMILES string of the molecule is CCCC1CCC(c2ccc(C(F)(F)Oc3cc(F)c(OC(F)(F)C=C(F)F)c(F)c3)cc2)OC1. The maximum Gasteiger partial charge on any atom is 0.426 e. The van der Waals surface area contributed by atoms with Gasteiger partial charge in [0.2, 0.25) is 0 Å². The number of rotatable bonds is 9. The smallest absolute Gasteiger partial charge is 0.426 e. The first-order chi connectivity index (χ1) is 16.4. The second kappa shape index (κ2) is 10.8.